The molecule has 1 rings (SSSR count). The third-order valence-electron chi connectivity index (χ3n) is 3.93. The van der Waals surface area contributed by atoms with E-state index >= 15 is 0 Å². The molecule has 1 atom stereocenters. The highest BCUT2D eigenvalue weighted by molar-refractivity contribution is 7.32. The van der Waals surface area contributed by atoms with E-state index in [1.54, 1.807) is 12.1 Å². The summed E-state index contributed by atoms with van der Waals surface area (Å²) >= 11 is 0. The fourth-order valence-electron chi connectivity index (χ4n) is 2.62. The lowest BCUT2D eigenvalue weighted by molar-refractivity contribution is 0.410. The smallest absolute Gasteiger partial charge is 0.229 e. The summed E-state index contributed by atoms with van der Waals surface area (Å²) in [6, 6.07) is 7.47. The lowest BCUT2D eigenvalue weighted by Crippen LogP contribution is -1.87. The fourth-order valence-corrected chi connectivity index (χ4v) is 2.93. The summed E-state index contributed by atoms with van der Waals surface area (Å²) in [4.78, 5) is 8.67. The summed E-state index contributed by atoms with van der Waals surface area (Å²) in [5.74, 6) is 0.454. The molecule has 0 spiro atoms. The minimum absolute atomic E-state index is 0. The summed E-state index contributed by atoms with van der Waals surface area (Å²) in [7, 11) is -2.56. The van der Waals surface area contributed by atoms with Gasteiger partial charge in [0.1, 0.15) is 0 Å². The van der Waals surface area contributed by atoms with Gasteiger partial charge in [-0.25, -0.2) is 4.52 Å². The number of hydrogen-bond acceptors (Lipinski definition) is 2. The molecule has 0 saturated heterocycles. The molecule has 0 heterocycles. The molecule has 3 nitrogen and oxygen atoms in total. The van der Waals surface area contributed by atoms with Crippen LogP contribution >= 0.6 is 8.25 Å². The van der Waals surface area contributed by atoms with Gasteiger partial charge in [0.25, 0.3) is 0 Å². The van der Waals surface area contributed by atoms with Crippen LogP contribution in [0.25, 0.3) is 0 Å². The number of hydrogen-bond donors (Lipinski definition) is 1. The molecule has 0 bridgehead atoms. The van der Waals surface area contributed by atoms with Crippen molar-refractivity contribution in [3.05, 3.63) is 29.8 Å². The van der Waals surface area contributed by atoms with Gasteiger partial charge in [-0.15, -0.1) is 4.89 Å². The second-order valence-corrected chi connectivity index (χ2v) is 6.56. The molecule has 0 aliphatic carbocycles. The van der Waals surface area contributed by atoms with E-state index in [-0.39, 0.29) is 7.43 Å². The maximum Gasteiger partial charge on any atom is 0.747 e. The van der Waals surface area contributed by atoms with Crippen LogP contribution in [0.5, 0.6) is 5.75 Å². The number of unbranched alkanes of at least 4 members (excludes halogenated alkanes) is 9. The summed E-state index contributed by atoms with van der Waals surface area (Å²) < 4.78 is 15.3. The van der Waals surface area contributed by atoms with Crippen molar-refractivity contribution in [2.24, 2.45) is 0 Å². The second kappa shape index (κ2) is 14.7. The van der Waals surface area contributed by atoms with Crippen LogP contribution in [0.1, 0.15) is 84.1 Å². The van der Waals surface area contributed by atoms with E-state index in [1.807, 2.05) is 12.1 Å². The van der Waals surface area contributed by atoms with Crippen LogP contribution in [0, 0.1) is 0 Å². The van der Waals surface area contributed by atoms with Crippen molar-refractivity contribution in [1.29, 1.82) is 0 Å². The molecule has 1 aromatic carbocycles. The monoisotopic (exact) mass is 341 g/mol. The molecule has 1 aromatic rings. The zero-order valence-electron chi connectivity index (χ0n) is 13.8. The van der Waals surface area contributed by atoms with Gasteiger partial charge in [-0.1, -0.05) is 84.3 Å². The maximum absolute atomic E-state index is 10.6. The molecule has 1 unspecified atom stereocenters. The Morgan fingerprint density at radius 2 is 1.35 bits per heavy atom. The first kappa shape index (κ1) is 22.1. The zero-order valence-corrected chi connectivity index (χ0v) is 14.7. The summed E-state index contributed by atoms with van der Waals surface area (Å²) in [6.45, 7) is 2.26. The average Bonchev–Trinajstić information content (AvgIpc) is 2.50. The molecule has 1 N–H and O–H groups in total. The molecular weight excluding hydrogens is 307 g/mol. The van der Waals surface area contributed by atoms with E-state index in [4.69, 9.17) is 9.42 Å². The molecule has 0 aromatic heterocycles. The lowest BCUT2D eigenvalue weighted by atomic mass is 10.0. The fraction of sp³-hybridized carbons (Fsp3) is 0.684. The van der Waals surface area contributed by atoms with E-state index in [0.29, 0.717) is 5.75 Å². The van der Waals surface area contributed by atoms with E-state index in [9.17, 15) is 4.57 Å². The van der Waals surface area contributed by atoms with Gasteiger partial charge in [0.05, 0.1) is 0 Å². The van der Waals surface area contributed by atoms with Crippen LogP contribution in [0.2, 0.25) is 0 Å². The van der Waals surface area contributed by atoms with Gasteiger partial charge in [0, 0.05) is 4.57 Å². The zero-order chi connectivity index (χ0) is 16.0. The Morgan fingerprint density at radius 1 is 0.870 bits per heavy atom. The number of aryl methyl sites for hydroxylation is 1. The highest BCUT2D eigenvalue weighted by Crippen LogP contribution is 2.23. The molecule has 0 aliphatic rings. The molecule has 132 valence electrons. The highest BCUT2D eigenvalue weighted by atomic mass is 31.1. The molecule has 23 heavy (non-hydrogen) atoms. The quantitative estimate of drug-likeness (QED) is 0.316. The first-order chi connectivity index (χ1) is 10.7. The Hall–Kier alpha value is -0.920. The Morgan fingerprint density at radius 3 is 1.83 bits per heavy atom. The van der Waals surface area contributed by atoms with Crippen LogP contribution in [0.15, 0.2) is 24.3 Å². The first-order valence-corrected chi connectivity index (χ1v) is 9.78. The van der Waals surface area contributed by atoms with Crippen LogP contribution in [0.4, 0.5) is 0 Å². The molecule has 0 radical (unpaired) electrons. The Kier molecular flexibility index (Phi) is 14.1. The summed E-state index contributed by atoms with van der Waals surface area (Å²) in [5.41, 5.74) is 1.26. The number of benzene rings is 1. The van der Waals surface area contributed by atoms with Crippen LogP contribution in [-0.4, -0.2) is 4.89 Å². The van der Waals surface area contributed by atoms with Crippen LogP contribution in [0.3, 0.4) is 0 Å². The second-order valence-electron chi connectivity index (χ2n) is 5.91. The predicted molar refractivity (Wildman–Crippen MR) is 99.2 cm³/mol. The lowest BCUT2D eigenvalue weighted by Gasteiger charge is -2.03. The Labute approximate surface area is 143 Å². The third kappa shape index (κ3) is 12.2. The van der Waals surface area contributed by atoms with Crippen molar-refractivity contribution in [3.8, 4) is 5.75 Å². The van der Waals surface area contributed by atoms with Gasteiger partial charge in [-0.05, 0) is 30.5 Å². The Balaban J connectivity index is 0.00000484. The minimum Gasteiger partial charge on any atom is -0.229 e. The average molecular weight is 341 g/mol. The predicted octanol–water partition coefficient (Wildman–Crippen LogP) is 6.81. The van der Waals surface area contributed by atoms with Gasteiger partial charge >= 0.3 is 8.25 Å². The minimum atomic E-state index is -2.56. The molecular formula is C19H34O3P+. The maximum atomic E-state index is 10.6. The topological polar surface area (TPSA) is 46.5 Å². The van der Waals surface area contributed by atoms with Crippen LogP contribution < -0.4 is 4.52 Å². The van der Waals surface area contributed by atoms with Gasteiger partial charge in [-0.2, -0.15) is 0 Å². The highest BCUT2D eigenvalue weighted by Gasteiger charge is 2.13. The number of rotatable bonds is 13. The van der Waals surface area contributed by atoms with Crippen molar-refractivity contribution in [2.45, 2.75) is 85.0 Å². The van der Waals surface area contributed by atoms with Crippen LogP contribution in [-0.2, 0) is 11.0 Å². The van der Waals surface area contributed by atoms with Crippen molar-refractivity contribution < 1.29 is 14.0 Å². The summed E-state index contributed by atoms with van der Waals surface area (Å²) in [6.07, 6.45) is 14.6. The van der Waals surface area contributed by atoms with Crippen molar-refractivity contribution in [1.82, 2.24) is 0 Å². The largest absolute Gasteiger partial charge is 0.747 e. The standard InChI is InChI=1S/C18H29O3P.CH4/c1-2-3-4-5-6-7-8-9-10-11-12-17-13-15-18(16-14-17)21-22(19)20;/h13-16H,2-12H2,1H3;1H4/p+1. The summed E-state index contributed by atoms with van der Waals surface area (Å²) in [5, 5.41) is 0. The van der Waals surface area contributed by atoms with E-state index < -0.39 is 8.25 Å². The molecule has 4 heteroatoms. The molecule has 0 aliphatic heterocycles. The normalized spacial score (nSPS) is 11.0. The molecule has 0 fully saturated rings. The molecule has 0 amide bonds. The molecule has 0 saturated carbocycles. The third-order valence-corrected chi connectivity index (χ3v) is 4.29. The van der Waals surface area contributed by atoms with Crippen molar-refractivity contribution in [2.75, 3.05) is 0 Å². The SMILES string of the molecule is C.CCCCCCCCCCCCc1ccc(O[P+](=O)O)cc1. The first-order valence-electron chi connectivity index (χ1n) is 8.65. The van der Waals surface area contributed by atoms with E-state index in [0.717, 1.165) is 6.42 Å². The van der Waals surface area contributed by atoms with E-state index in [1.165, 1.54) is 69.8 Å². The van der Waals surface area contributed by atoms with Gasteiger partial charge < -0.3 is 0 Å². The Bertz CT molecular complexity index is 404. The van der Waals surface area contributed by atoms with E-state index in [2.05, 4.69) is 6.92 Å². The van der Waals surface area contributed by atoms with Gasteiger partial charge in [0.2, 0.25) is 0 Å². The van der Waals surface area contributed by atoms with Crippen molar-refractivity contribution >= 4 is 8.25 Å². The van der Waals surface area contributed by atoms with Gasteiger partial charge in [-0.3, -0.25) is 0 Å². The van der Waals surface area contributed by atoms with Crippen molar-refractivity contribution in [3.63, 3.8) is 0 Å². The van der Waals surface area contributed by atoms with Gasteiger partial charge in [0.15, 0.2) is 5.75 Å².